The van der Waals surface area contributed by atoms with E-state index in [0.717, 1.165) is 12.1 Å². The van der Waals surface area contributed by atoms with Crippen LogP contribution < -0.4 is 0 Å². The average Bonchev–Trinajstić information content (AvgIpc) is 2.26. The lowest BCUT2D eigenvalue weighted by Crippen LogP contribution is -2.42. The Morgan fingerprint density at radius 3 is 2.18 bits per heavy atom. The lowest BCUT2D eigenvalue weighted by atomic mass is 10.0. The van der Waals surface area contributed by atoms with Gasteiger partial charge in [-0.15, -0.1) is 0 Å². The van der Waals surface area contributed by atoms with Gasteiger partial charge in [0.2, 0.25) is 0 Å². The number of nitrogens with zero attached hydrogens (tertiary/aromatic N) is 1. The molecule has 0 amide bonds. The van der Waals surface area contributed by atoms with Crippen molar-refractivity contribution in [3.63, 3.8) is 0 Å². The molecule has 0 aliphatic carbocycles. The predicted octanol–water partition coefficient (Wildman–Crippen LogP) is 1.26. The van der Waals surface area contributed by atoms with Gasteiger partial charge in [-0.25, -0.2) is 0 Å². The molecule has 0 spiro atoms. The molecule has 0 N–H and O–H groups in total. The quantitative estimate of drug-likeness (QED) is 0.565. The van der Waals surface area contributed by atoms with Crippen LogP contribution in [0.25, 0.3) is 0 Å². The molecular formula is C9H17NO. The van der Waals surface area contributed by atoms with Gasteiger partial charge in [0.1, 0.15) is 0 Å². The van der Waals surface area contributed by atoms with Crippen LogP contribution in [0.2, 0.25) is 0 Å². The maximum absolute atomic E-state index is 5.39. The molecular weight excluding hydrogens is 138 g/mol. The highest BCUT2D eigenvalue weighted by molar-refractivity contribution is 4.93. The highest BCUT2D eigenvalue weighted by Gasteiger charge is 2.38. The van der Waals surface area contributed by atoms with Crippen LogP contribution in [-0.4, -0.2) is 37.2 Å². The van der Waals surface area contributed by atoms with Gasteiger partial charge in [0.05, 0.1) is 6.10 Å². The largest absolute Gasteiger partial charge is 0.381 e. The van der Waals surface area contributed by atoms with Crippen molar-refractivity contribution in [2.24, 2.45) is 0 Å². The molecule has 0 radical (unpaired) electrons. The van der Waals surface area contributed by atoms with Crippen LogP contribution in [-0.2, 0) is 4.74 Å². The molecule has 0 aromatic carbocycles. The van der Waals surface area contributed by atoms with Gasteiger partial charge in [0.15, 0.2) is 0 Å². The van der Waals surface area contributed by atoms with Crippen LogP contribution in [0.4, 0.5) is 0 Å². The zero-order valence-corrected chi connectivity index (χ0v) is 7.42. The Hall–Kier alpha value is -0.0800. The van der Waals surface area contributed by atoms with Crippen molar-refractivity contribution in [1.82, 2.24) is 4.90 Å². The van der Waals surface area contributed by atoms with Gasteiger partial charge >= 0.3 is 0 Å². The molecule has 3 atom stereocenters. The number of fused-ring (bicyclic) bond motifs is 2. The molecule has 1 unspecified atom stereocenters. The van der Waals surface area contributed by atoms with Gasteiger partial charge in [-0.2, -0.15) is 0 Å². The zero-order chi connectivity index (χ0) is 7.84. The average molecular weight is 155 g/mol. The Morgan fingerprint density at radius 1 is 1.18 bits per heavy atom. The van der Waals surface area contributed by atoms with Crippen LogP contribution in [0.3, 0.4) is 0 Å². The fourth-order valence-corrected chi connectivity index (χ4v) is 2.55. The van der Waals surface area contributed by atoms with Crippen molar-refractivity contribution in [1.29, 1.82) is 0 Å². The van der Waals surface area contributed by atoms with E-state index in [0.29, 0.717) is 6.10 Å². The van der Waals surface area contributed by atoms with E-state index in [4.69, 9.17) is 4.74 Å². The standard InChI is InChI=1S/C9H17NO/c1-10-7-3-4-8(10)6-9(5-7)11-2/h7-9H,3-6H2,1-2H3/t7-,8+,9?. The minimum Gasteiger partial charge on any atom is -0.381 e. The Labute approximate surface area is 68.5 Å². The fourth-order valence-electron chi connectivity index (χ4n) is 2.55. The monoisotopic (exact) mass is 155 g/mol. The molecule has 11 heavy (non-hydrogen) atoms. The van der Waals surface area contributed by atoms with Gasteiger partial charge in [0, 0.05) is 19.2 Å². The fraction of sp³-hybridized carbons (Fsp3) is 1.00. The molecule has 2 rings (SSSR count). The third-order valence-corrected chi connectivity index (χ3v) is 3.39. The minimum atomic E-state index is 0.545. The van der Waals surface area contributed by atoms with E-state index >= 15 is 0 Å². The van der Waals surface area contributed by atoms with Crippen molar-refractivity contribution in [3.05, 3.63) is 0 Å². The Bertz CT molecular complexity index is 134. The first kappa shape index (κ1) is 7.56. The summed E-state index contributed by atoms with van der Waals surface area (Å²) in [5.41, 5.74) is 0. The number of methoxy groups -OCH3 is 1. The van der Waals surface area contributed by atoms with E-state index in [1.807, 2.05) is 7.11 Å². The molecule has 0 saturated carbocycles. The Balaban J connectivity index is 2.02. The summed E-state index contributed by atoms with van der Waals surface area (Å²) in [7, 11) is 4.10. The lowest BCUT2D eigenvalue weighted by Gasteiger charge is -2.35. The molecule has 2 aliphatic heterocycles. The smallest absolute Gasteiger partial charge is 0.0601 e. The Morgan fingerprint density at radius 2 is 1.73 bits per heavy atom. The first-order chi connectivity index (χ1) is 5.31. The first-order valence-electron chi connectivity index (χ1n) is 4.56. The summed E-state index contributed by atoms with van der Waals surface area (Å²) in [4.78, 5) is 2.54. The summed E-state index contributed by atoms with van der Waals surface area (Å²) in [5, 5.41) is 0. The molecule has 64 valence electrons. The minimum absolute atomic E-state index is 0.545. The van der Waals surface area contributed by atoms with E-state index < -0.39 is 0 Å². The highest BCUT2D eigenvalue weighted by Crippen LogP contribution is 2.34. The molecule has 2 fully saturated rings. The van der Waals surface area contributed by atoms with Gasteiger partial charge in [-0.1, -0.05) is 0 Å². The van der Waals surface area contributed by atoms with Crippen molar-refractivity contribution in [3.8, 4) is 0 Å². The number of rotatable bonds is 1. The second kappa shape index (κ2) is 2.76. The third kappa shape index (κ3) is 1.18. The topological polar surface area (TPSA) is 12.5 Å². The van der Waals surface area contributed by atoms with Crippen LogP contribution in [0, 0.1) is 0 Å². The van der Waals surface area contributed by atoms with E-state index in [1.54, 1.807) is 0 Å². The van der Waals surface area contributed by atoms with Crippen molar-refractivity contribution in [2.75, 3.05) is 14.2 Å². The molecule has 2 heterocycles. The summed E-state index contributed by atoms with van der Waals surface area (Å²) >= 11 is 0. The predicted molar refractivity (Wildman–Crippen MR) is 44.6 cm³/mol. The Kier molecular flexibility index (Phi) is 1.90. The van der Waals surface area contributed by atoms with Gasteiger partial charge < -0.3 is 9.64 Å². The van der Waals surface area contributed by atoms with Gasteiger partial charge in [-0.05, 0) is 32.7 Å². The highest BCUT2D eigenvalue weighted by atomic mass is 16.5. The second-order valence-corrected chi connectivity index (χ2v) is 3.88. The van der Waals surface area contributed by atoms with Gasteiger partial charge in [0.25, 0.3) is 0 Å². The summed E-state index contributed by atoms with van der Waals surface area (Å²) in [6.07, 6.45) is 5.83. The number of ether oxygens (including phenoxy) is 1. The molecule has 0 aromatic heterocycles. The van der Waals surface area contributed by atoms with Crippen LogP contribution in [0.5, 0.6) is 0 Å². The molecule has 2 bridgehead atoms. The molecule has 2 nitrogen and oxygen atoms in total. The second-order valence-electron chi connectivity index (χ2n) is 3.88. The van der Waals surface area contributed by atoms with Crippen LogP contribution in [0.1, 0.15) is 25.7 Å². The van der Waals surface area contributed by atoms with Crippen LogP contribution >= 0.6 is 0 Å². The van der Waals surface area contributed by atoms with E-state index in [-0.39, 0.29) is 0 Å². The van der Waals surface area contributed by atoms with E-state index in [9.17, 15) is 0 Å². The third-order valence-electron chi connectivity index (χ3n) is 3.39. The van der Waals surface area contributed by atoms with Crippen LogP contribution in [0.15, 0.2) is 0 Å². The molecule has 2 saturated heterocycles. The van der Waals surface area contributed by atoms with E-state index in [2.05, 4.69) is 11.9 Å². The SMILES string of the molecule is COC1C[C@H]2CC[C@@H](C1)N2C. The maximum atomic E-state index is 5.39. The molecule has 2 aliphatic rings. The summed E-state index contributed by atoms with van der Waals surface area (Å²) in [5.74, 6) is 0. The van der Waals surface area contributed by atoms with Crippen molar-refractivity contribution in [2.45, 2.75) is 43.9 Å². The van der Waals surface area contributed by atoms with E-state index in [1.165, 1.54) is 25.7 Å². The van der Waals surface area contributed by atoms with Gasteiger partial charge in [-0.3, -0.25) is 0 Å². The maximum Gasteiger partial charge on any atom is 0.0601 e. The number of piperidine rings is 1. The number of hydrogen-bond donors (Lipinski definition) is 0. The normalized spacial score (nSPS) is 44.7. The number of hydrogen-bond acceptors (Lipinski definition) is 2. The lowest BCUT2D eigenvalue weighted by molar-refractivity contribution is 0.0163. The summed E-state index contributed by atoms with van der Waals surface area (Å²) in [6, 6.07) is 1.64. The first-order valence-corrected chi connectivity index (χ1v) is 4.56. The summed E-state index contributed by atoms with van der Waals surface area (Å²) < 4.78 is 5.39. The zero-order valence-electron chi connectivity index (χ0n) is 7.42. The van der Waals surface area contributed by atoms with Crippen molar-refractivity contribution >= 4 is 0 Å². The summed E-state index contributed by atoms with van der Waals surface area (Å²) in [6.45, 7) is 0. The molecule has 0 aromatic rings. The molecule has 2 heteroatoms. The van der Waals surface area contributed by atoms with Crippen molar-refractivity contribution < 1.29 is 4.74 Å².